The highest BCUT2D eigenvalue weighted by molar-refractivity contribution is 7.22. The van der Waals surface area contributed by atoms with Crippen molar-refractivity contribution in [2.75, 3.05) is 5.32 Å². The van der Waals surface area contributed by atoms with Crippen molar-refractivity contribution < 1.29 is 9.13 Å². The Kier molecular flexibility index (Phi) is 4.26. The van der Waals surface area contributed by atoms with Gasteiger partial charge in [-0.3, -0.25) is 4.98 Å². The maximum Gasteiger partial charge on any atom is 0.184 e. The van der Waals surface area contributed by atoms with Gasteiger partial charge in [0.2, 0.25) is 0 Å². The third-order valence-corrected chi connectivity index (χ3v) is 4.59. The third-order valence-electron chi connectivity index (χ3n) is 3.60. The van der Waals surface area contributed by atoms with Gasteiger partial charge in [-0.1, -0.05) is 29.5 Å². The Balaban J connectivity index is 1.45. The van der Waals surface area contributed by atoms with E-state index in [-0.39, 0.29) is 5.75 Å². The molecule has 2 aromatic heterocycles. The Bertz CT molecular complexity index is 971. The minimum Gasteiger partial charge on any atom is -0.453 e. The van der Waals surface area contributed by atoms with Gasteiger partial charge in [0.15, 0.2) is 16.7 Å². The molecule has 4 nitrogen and oxygen atoms in total. The Labute approximate surface area is 148 Å². The topological polar surface area (TPSA) is 47.0 Å². The molecule has 0 fully saturated rings. The van der Waals surface area contributed by atoms with E-state index in [1.807, 2.05) is 30.3 Å². The number of ether oxygens (including phenoxy) is 1. The largest absolute Gasteiger partial charge is 0.453 e. The number of halogens is 1. The fourth-order valence-electron chi connectivity index (χ4n) is 2.40. The van der Waals surface area contributed by atoms with Crippen LogP contribution < -0.4 is 10.1 Å². The van der Waals surface area contributed by atoms with Crippen LogP contribution in [0.25, 0.3) is 10.2 Å². The Hall–Kier alpha value is -2.99. The molecule has 0 aliphatic rings. The second kappa shape index (κ2) is 6.86. The van der Waals surface area contributed by atoms with Crippen molar-refractivity contribution >= 4 is 26.7 Å². The second-order valence-electron chi connectivity index (χ2n) is 5.40. The van der Waals surface area contributed by atoms with Crippen LogP contribution in [0.1, 0.15) is 5.56 Å². The number of para-hydroxylation sites is 1. The number of anilines is 1. The molecule has 124 valence electrons. The van der Waals surface area contributed by atoms with Gasteiger partial charge in [0.1, 0.15) is 5.75 Å². The lowest BCUT2D eigenvalue weighted by atomic mass is 10.2. The monoisotopic (exact) mass is 351 g/mol. The van der Waals surface area contributed by atoms with E-state index >= 15 is 0 Å². The molecule has 0 aliphatic heterocycles. The van der Waals surface area contributed by atoms with E-state index in [2.05, 4.69) is 15.3 Å². The molecule has 0 aliphatic carbocycles. The molecule has 0 saturated carbocycles. The summed E-state index contributed by atoms with van der Waals surface area (Å²) >= 11 is 1.58. The average molecular weight is 351 g/mol. The van der Waals surface area contributed by atoms with Gasteiger partial charge in [-0.05, 0) is 42.0 Å². The molecule has 0 radical (unpaired) electrons. The molecular weight excluding hydrogens is 337 g/mol. The van der Waals surface area contributed by atoms with Crippen LogP contribution in [0.4, 0.5) is 9.52 Å². The number of fused-ring (bicyclic) bond motifs is 1. The standard InChI is InChI=1S/C19H14FN3OS/c20-15-10-13(7-8-17(15)24-14-4-3-9-21-12-14)11-22-19-23-16-5-1-2-6-18(16)25-19/h1-10,12H,11H2,(H,22,23). The molecule has 2 heterocycles. The Morgan fingerprint density at radius 2 is 2.00 bits per heavy atom. The summed E-state index contributed by atoms with van der Waals surface area (Å²) in [5, 5.41) is 4.05. The van der Waals surface area contributed by atoms with Gasteiger partial charge < -0.3 is 10.1 Å². The van der Waals surface area contributed by atoms with E-state index in [1.54, 1.807) is 41.9 Å². The molecule has 4 aromatic rings. The molecule has 2 aromatic carbocycles. The fraction of sp³-hybridized carbons (Fsp3) is 0.0526. The van der Waals surface area contributed by atoms with Crippen molar-refractivity contribution in [3.8, 4) is 11.5 Å². The summed E-state index contributed by atoms with van der Waals surface area (Å²) < 4.78 is 20.9. The van der Waals surface area contributed by atoms with Crippen molar-refractivity contribution in [1.29, 1.82) is 0 Å². The Morgan fingerprint density at radius 1 is 1.08 bits per heavy atom. The van der Waals surface area contributed by atoms with Gasteiger partial charge in [0.05, 0.1) is 16.4 Å². The first-order valence-electron chi connectivity index (χ1n) is 7.74. The number of thiazole rings is 1. The molecular formula is C19H14FN3OS. The second-order valence-corrected chi connectivity index (χ2v) is 6.43. The summed E-state index contributed by atoms with van der Waals surface area (Å²) in [5.74, 6) is 0.269. The summed E-state index contributed by atoms with van der Waals surface area (Å²) in [4.78, 5) is 8.45. The number of nitrogens with one attached hydrogen (secondary N) is 1. The van der Waals surface area contributed by atoms with Crippen LogP contribution in [0.2, 0.25) is 0 Å². The summed E-state index contributed by atoms with van der Waals surface area (Å²) in [5.41, 5.74) is 1.77. The molecule has 0 unspecified atom stereocenters. The molecule has 0 spiro atoms. The lowest BCUT2D eigenvalue weighted by Gasteiger charge is -2.08. The van der Waals surface area contributed by atoms with Gasteiger partial charge in [0.25, 0.3) is 0 Å². The molecule has 0 saturated heterocycles. The SMILES string of the molecule is Fc1cc(CNc2nc3ccccc3s2)ccc1Oc1cccnc1. The van der Waals surface area contributed by atoms with Crippen molar-refractivity contribution in [1.82, 2.24) is 9.97 Å². The summed E-state index contributed by atoms with van der Waals surface area (Å²) in [6.45, 7) is 0.490. The fourth-order valence-corrected chi connectivity index (χ4v) is 3.26. The van der Waals surface area contributed by atoms with Crippen LogP contribution in [0.3, 0.4) is 0 Å². The number of rotatable bonds is 5. The highest BCUT2D eigenvalue weighted by Gasteiger charge is 2.07. The van der Waals surface area contributed by atoms with E-state index in [9.17, 15) is 4.39 Å². The van der Waals surface area contributed by atoms with Crippen molar-refractivity contribution in [3.63, 3.8) is 0 Å². The van der Waals surface area contributed by atoms with Crippen LogP contribution in [-0.4, -0.2) is 9.97 Å². The van der Waals surface area contributed by atoms with E-state index < -0.39 is 5.82 Å². The quantitative estimate of drug-likeness (QED) is 0.534. The van der Waals surface area contributed by atoms with E-state index in [4.69, 9.17) is 4.74 Å². The summed E-state index contributed by atoms with van der Waals surface area (Å²) in [6, 6.07) is 16.3. The van der Waals surface area contributed by atoms with E-state index in [1.165, 1.54) is 6.07 Å². The number of pyridine rings is 1. The predicted octanol–water partition coefficient (Wildman–Crippen LogP) is 5.23. The molecule has 4 rings (SSSR count). The maximum atomic E-state index is 14.2. The molecule has 0 amide bonds. The normalized spacial score (nSPS) is 10.8. The van der Waals surface area contributed by atoms with Crippen LogP contribution in [0.5, 0.6) is 11.5 Å². The first kappa shape index (κ1) is 15.5. The average Bonchev–Trinajstić information content (AvgIpc) is 3.06. The first-order valence-corrected chi connectivity index (χ1v) is 8.55. The summed E-state index contributed by atoms with van der Waals surface area (Å²) in [6.07, 6.45) is 3.18. The minimum absolute atomic E-state index is 0.178. The van der Waals surface area contributed by atoms with Gasteiger partial charge in [-0.2, -0.15) is 0 Å². The van der Waals surface area contributed by atoms with Gasteiger partial charge in [-0.15, -0.1) is 0 Å². The lowest BCUT2D eigenvalue weighted by molar-refractivity contribution is 0.440. The predicted molar refractivity (Wildman–Crippen MR) is 97.7 cm³/mol. The zero-order valence-electron chi connectivity index (χ0n) is 13.1. The smallest absolute Gasteiger partial charge is 0.184 e. The van der Waals surface area contributed by atoms with E-state index in [0.29, 0.717) is 12.3 Å². The Morgan fingerprint density at radius 3 is 2.80 bits per heavy atom. The van der Waals surface area contributed by atoms with Crippen LogP contribution in [0, 0.1) is 5.82 Å². The molecule has 0 bridgehead atoms. The van der Waals surface area contributed by atoms with Crippen LogP contribution >= 0.6 is 11.3 Å². The van der Waals surface area contributed by atoms with Gasteiger partial charge >= 0.3 is 0 Å². The van der Waals surface area contributed by atoms with Crippen LogP contribution in [-0.2, 0) is 6.54 Å². The zero-order chi connectivity index (χ0) is 17.1. The van der Waals surface area contributed by atoms with E-state index in [0.717, 1.165) is 20.9 Å². The highest BCUT2D eigenvalue weighted by Crippen LogP contribution is 2.27. The molecule has 25 heavy (non-hydrogen) atoms. The number of benzene rings is 2. The minimum atomic E-state index is -0.410. The highest BCUT2D eigenvalue weighted by atomic mass is 32.1. The lowest BCUT2D eigenvalue weighted by Crippen LogP contribution is -2.00. The van der Waals surface area contributed by atoms with Crippen molar-refractivity contribution in [3.05, 3.63) is 78.4 Å². The van der Waals surface area contributed by atoms with Crippen LogP contribution in [0.15, 0.2) is 67.0 Å². The first-order chi connectivity index (χ1) is 12.3. The van der Waals surface area contributed by atoms with Crippen molar-refractivity contribution in [2.45, 2.75) is 6.54 Å². The van der Waals surface area contributed by atoms with Gasteiger partial charge in [-0.25, -0.2) is 9.37 Å². The molecule has 1 N–H and O–H groups in total. The molecule has 6 heteroatoms. The number of nitrogens with zero attached hydrogens (tertiary/aromatic N) is 2. The maximum absolute atomic E-state index is 14.2. The number of hydrogen-bond donors (Lipinski definition) is 1. The van der Waals surface area contributed by atoms with Crippen molar-refractivity contribution in [2.24, 2.45) is 0 Å². The van der Waals surface area contributed by atoms with Gasteiger partial charge in [0, 0.05) is 12.7 Å². The zero-order valence-corrected chi connectivity index (χ0v) is 14.0. The summed E-state index contributed by atoms with van der Waals surface area (Å²) in [7, 11) is 0. The molecule has 0 atom stereocenters. The number of hydrogen-bond acceptors (Lipinski definition) is 5. The third kappa shape index (κ3) is 3.59. The number of aromatic nitrogens is 2.